The third-order valence-electron chi connectivity index (χ3n) is 2.39. The molecule has 2 rings (SSSR count). The molecule has 0 spiro atoms. The second-order valence-electron chi connectivity index (χ2n) is 5.55. The van der Waals surface area contributed by atoms with Crippen LogP contribution in [-0.2, 0) is 4.79 Å². The summed E-state index contributed by atoms with van der Waals surface area (Å²) in [6, 6.07) is 1.15. The Morgan fingerprint density at radius 3 is 2.82 bits per heavy atom. The number of carbonyl (C=O) groups excluding carboxylic acids is 2. The zero-order valence-electron chi connectivity index (χ0n) is 12.4. The maximum atomic E-state index is 11.8. The van der Waals surface area contributed by atoms with Crippen LogP contribution in [-0.4, -0.2) is 33.2 Å². The number of nitrogens with zero attached hydrogens (tertiary/aromatic N) is 1. The van der Waals surface area contributed by atoms with Crippen LogP contribution < -0.4 is 16.2 Å². The Hall–Kier alpha value is -1.87. The van der Waals surface area contributed by atoms with E-state index >= 15 is 0 Å². The van der Waals surface area contributed by atoms with Gasteiger partial charge in [0.1, 0.15) is 4.83 Å². The van der Waals surface area contributed by atoms with Gasteiger partial charge in [-0.3, -0.25) is 14.9 Å². The molecule has 9 heteroatoms. The highest BCUT2D eigenvalue weighted by molar-refractivity contribution is 7.99. The number of hydrogen-bond donors (Lipinski definition) is 3. The molecule has 0 bridgehead atoms. The third kappa shape index (κ3) is 4.57. The number of rotatable bonds is 3. The van der Waals surface area contributed by atoms with E-state index in [1.807, 2.05) is 20.8 Å². The van der Waals surface area contributed by atoms with Crippen LogP contribution in [0.15, 0.2) is 21.4 Å². The number of amides is 3. The van der Waals surface area contributed by atoms with Crippen molar-refractivity contribution in [2.45, 2.75) is 31.5 Å². The van der Waals surface area contributed by atoms with E-state index in [1.165, 1.54) is 11.3 Å². The van der Waals surface area contributed by atoms with E-state index in [1.54, 1.807) is 11.4 Å². The number of thiophene rings is 1. The number of imide groups is 1. The van der Waals surface area contributed by atoms with Gasteiger partial charge in [0, 0.05) is 5.54 Å². The first-order valence-electron chi connectivity index (χ1n) is 6.47. The van der Waals surface area contributed by atoms with E-state index in [0.717, 1.165) is 11.8 Å². The summed E-state index contributed by atoms with van der Waals surface area (Å²) in [6.07, 6.45) is 0. The fraction of sp³-hybridized carbons (Fsp3) is 0.385. The van der Waals surface area contributed by atoms with Gasteiger partial charge in [0.15, 0.2) is 5.16 Å². The largest absolute Gasteiger partial charge is 0.333 e. The molecule has 0 saturated heterocycles. The average Bonchev–Trinajstić information content (AvgIpc) is 2.82. The number of H-pyrrole nitrogens is 1. The Labute approximate surface area is 134 Å². The van der Waals surface area contributed by atoms with E-state index in [-0.39, 0.29) is 11.3 Å². The summed E-state index contributed by atoms with van der Waals surface area (Å²) in [5, 5.41) is 7.52. The lowest BCUT2D eigenvalue weighted by atomic mass is 10.1. The summed E-state index contributed by atoms with van der Waals surface area (Å²) in [5.41, 5.74) is -0.659. The monoisotopic (exact) mass is 340 g/mol. The van der Waals surface area contributed by atoms with Gasteiger partial charge in [-0.2, -0.15) is 0 Å². The molecule has 0 aliphatic heterocycles. The summed E-state index contributed by atoms with van der Waals surface area (Å²) in [5.74, 6) is -0.474. The minimum absolute atomic E-state index is 0.0165. The number of nitrogens with one attached hydrogen (secondary N) is 3. The van der Waals surface area contributed by atoms with Crippen molar-refractivity contribution < 1.29 is 9.59 Å². The molecule has 0 aromatic carbocycles. The molecule has 118 valence electrons. The zero-order valence-corrected chi connectivity index (χ0v) is 14.0. The highest BCUT2D eigenvalue weighted by atomic mass is 32.2. The SMILES string of the molecule is CC(C)(C)NC(=O)NC(=O)CSc1nc2sccc2c(=O)[nH]1. The molecule has 0 unspecified atom stereocenters. The predicted molar refractivity (Wildman–Crippen MR) is 87.4 cm³/mol. The summed E-state index contributed by atoms with van der Waals surface area (Å²) in [7, 11) is 0. The van der Waals surface area contributed by atoms with Crippen molar-refractivity contribution in [2.75, 3.05) is 5.75 Å². The van der Waals surface area contributed by atoms with Gasteiger partial charge in [0.2, 0.25) is 5.91 Å². The van der Waals surface area contributed by atoms with E-state index in [9.17, 15) is 14.4 Å². The molecule has 0 saturated carbocycles. The summed E-state index contributed by atoms with van der Waals surface area (Å²) >= 11 is 2.43. The Bertz CT molecular complexity index is 760. The van der Waals surface area contributed by atoms with Crippen LogP contribution >= 0.6 is 23.1 Å². The standard InChI is InChI=1S/C13H16N4O3S2/c1-13(2,3)17-11(20)14-8(18)6-22-12-15-9(19)7-4-5-21-10(7)16-12/h4-5H,6H2,1-3H3,(H,15,16,19)(H2,14,17,18,20). The molecule has 2 aromatic rings. The first-order chi connectivity index (χ1) is 10.2. The Morgan fingerprint density at radius 1 is 1.41 bits per heavy atom. The van der Waals surface area contributed by atoms with Crippen LogP contribution in [0.2, 0.25) is 0 Å². The summed E-state index contributed by atoms with van der Waals surface area (Å²) < 4.78 is 0. The molecule has 0 radical (unpaired) electrons. The van der Waals surface area contributed by atoms with Gasteiger partial charge in [-0.25, -0.2) is 9.78 Å². The topological polar surface area (TPSA) is 104 Å². The van der Waals surface area contributed by atoms with E-state index in [0.29, 0.717) is 15.4 Å². The van der Waals surface area contributed by atoms with E-state index < -0.39 is 17.5 Å². The van der Waals surface area contributed by atoms with E-state index in [2.05, 4.69) is 20.6 Å². The molecule has 3 amide bonds. The molecular weight excluding hydrogens is 324 g/mol. The lowest BCUT2D eigenvalue weighted by molar-refractivity contribution is -0.117. The Balaban J connectivity index is 1.92. The van der Waals surface area contributed by atoms with Crippen molar-refractivity contribution in [2.24, 2.45) is 0 Å². The average molecular weight is 340 g/mol. The maximum Gasteiger partial charge on any atom is 0.321 e. The molecule has 0 aliphatic rings. The van der Waals surface area contributed by atoms with Gasteiger partial charge in [-0.15, -0.1) is 11.3 Å². The van der Waals surface area contributed by atoms with Crippen molar-refractivity contribution in [1.29, 1.82) is 0 Å². The minimum atomic E-state index is -0.548. The molecule has 0 aliphatic carbocycles. The van der Waals surface area contributed by atoms with Gasteiger partial charge in [0.25, 0.3) is 5.56 Å². The second kappa shape index (κ2) is 6.49. The quantitative estimate of drug-likeness (QED) is 0.583. The van der Waals surface area contributed by atoms with Crippen LogP contribution in [0.25, 0.3) is 10.2 Å². The van der Waals surface area contributed by atoms with Crippen LogP contribution in [0.4, 0.5) is 4.79 Å². The Morgan fingerprint density at radius 2 is 2.14 bits per heavy atom. The van der Waals surface area contributed by atoms with Gasteiger partial charge in [-0.05, 0) is 32.2 Å². The van der Waals surface area contributed by atoms with Crippen molar-refractivity contribution >= 4 is 45.3 Å². The van der Waals surface area contributed by atoms with Crippen LogP contribution in [0.3, 0.4) is 0 Å². The molecular formula is C13H16N4O3S2. The van der Waals surface area contributed by atoms with Crippen molar-refractivity contribution in [1.82, 2.24) is 20.6 Å². The summed E-state index contributed by atoms with van der Waals surface area (Å²) in [6.45, 7) is 5.45. The molecule has 7 nitrogen and oxygen atoms in total. The predicted octanol–water partition coefficient (Wildman–Crippen LogP) is 1.70. The number of hydrogen-bond acceptors (Lipinski definition) is 6. The molecule has 0 fully saturated rings. The smallest absolute Gasteiger partial charge is 0.321 e. The highest BCUT2D eigenvalue weighted by Crippen LogP contribution is 2.18. The summed E-state index contributed by atoms with van der Waals surface area (Å²) in [4.78, 5) is 42.5. The molecule has 22 heavy (non-hydrogen) atoms. The minimum Gasteiger partial charge on any atom is -0.333 e. The maximum absolute atomic E-state index is 11.8. The fourth-order valence-electron chi connectivity index (χ4n) is 1.58. The van der Waals surface area contributed by atoms with Gasteiger partial charge < -0.3 is 10.3 Å². The zero-order chi connectivity index (χ0) is 16.3. The number of thioether (sulfide) groups is 1. The van der Waals surface area contributed by atoms with Gasteiger partial charge in [-0.1, -0.05) is 11.8 Å². The lowest BCUT2D eigenvalue weighted by Crippen LogP contribution is -2.48. The van der Waals surface area contributed by atoms with Crippen molar-refractivity contribution in [3.63, 3.8) is 0 Å². The lowest BCUT2D eigenvalue weighted by Gasteiger charge is -2.20. The molecule has 2 heterocycles. The Kier molecular flexibility index (Phi) is 4.87. The number of fused-ring (bicyclic) bond motifs is 1. The van der Waals surface area contributed by atoms with Crippen LogP contribution in [0, 0.1) is 0 Å². The van der Waals surface area contributed by atoms with Crippen LogP contribution in [0.1, 0.15) is 20.8 Å². The van der Waals surface area contributed by atoms with Crippen molar-refractivity contribution in [3.8, 4) is 0 Å². The van der Waals surface area contributed by atoms with E-state index in [4.69, 9.17) is 0 Å². The van der Waals surface area contributed by atoms with Crippen molar-refractivity contribution in [3.05, 3.63) is 21.8 Å². The third-order valence-corrected chi connectivity index (χ3v) is 4.07. The van der Waals surface area contributed by atoms with Gasteiger partial charge >= 0.3 is 6.03 Å². The first kappa shape index (κ1) is 16.5. The second-order valence-corrected chi connectivity index (χ2v) is 7.41. The number of aromatic amines is 1. The number of carbonyl (C=O) groups is 2. The number of aromatic nitrogens is 2. The first-order valence-corrected chi connectivity index (χ1v) is 8.33. The molecule has 2 aromatic heterocycles. The fourth-order valence-corrected chi connectivity index (χ4v) is 3.07. The molecule has 0 atom stereocenters. The molecule has 3 N–H and O–H groups in total. The highest BCUT2D eigenvalue weighted by Gasteiger charge is 2.16. The number of urea groups is 1. The normalized spacial score (nSPS) is 11.4. The van der Waals surface area contributed by atoms with Crippen LogP contribution in [0.5, 0.6) is 0 Å². The van der Waals surface area contributed by atoms with Gasteiger partial charge in [0.05, 0.1) is 11.1 Å².